The van der Waals surface area contributed by atoms with Crippen LogP contribution < -0.4 is 9.47 Å². The molecule has 0 amide bonds. The Morgan fingerprint density at radius 2 is 2.12 bits per heavy atom. The van der Waals surface area contributed by atoms with Gasteiger partial charge >= 0.3 is 0 Å². The van der Waals surface area contributed by atoms with E-state index < -0.39 is 0 Å². The van der Waals surface area contributed by atoms with Crippen LogP contribution in [0.15, 0.2) is 49.1 Å². The Morgan fingerprint density at radius 3 is 2.83 bits per heavy atom. The molecule has 0 unspecified atom stereocenters. The zero-order chi connectivity index (χ0) is 16.1. The maximum atomic E-state index is 6.15. The minimum Gasteiger partial charge on any atom is -0.497 e. The molecule has 2 atom stereocenters. The third-order valence-electron chi connectivity index (χ3n) is 3.64. The van der Waals surface area contributed by atoms with Crippen molar-refractivity contribution in [2.75, 3.05) is 13.7 Å². The van der Waals surface area contributed by atoms with Crippen molar-refractivity contribution >= 4 is 24.0 Å². The number of rotatable bonds is 7. The van der Waals surface area contributed by atoms with E-state index in [0.29, 0.717) is 23.1 Å². The van der Waals surface area contributed by atoms with E-state index in [4.69, 9.17) is 25.8 Å². The molecular formula is C17H20Cl2N2O3. The largest absolute Gasteiger partial charge is 0.497 e. The lowest BCUT2D eigenvalue weighted by molar-refractivity contribution is 0.0393. The minimum atomic E-state index is 0. The van der Waals surface area contributed by atoms with Crippen molar-refractivity contribution in [3.63, 3.8) is 0 Å². The Labute approximate surface area is 152 Å². The highest BCUT2D eigenvalue weighted by atomic mass is 35.5. The molecule has 0 saturated heterocycles. The number of benzene rings is 1. The van der Waals surface area contributed by atoms with Crippen LogP contribution in [0.25, 0.3) is 0 Å². The molecule has 1 aliphatic rings. The van der Waals surface area contributed by atoms with Gasteiger partial charge in [-0.15, -0.1) is 12.4 Å². The van der Waals surface area contributed by atoms with Crippen molar-refractivity contribution in [3.8, 4) is 11.5 Å². The predicted molar refractivity (Wildman–Crippen MR) is 95.4 cm³/mol. The predicted octanol–water partition coefficient (Wildman–Crippen LogP) is 3.76. The molecule has 0 saturated carbocycles. The summed E-state index contributed by atoms with van der Waals surface area (Å²) >= 11 is 6.15. The van der Waals surface area contributed by atoms with Gasteiger partial charge in [0.1, 0.15) is 11.5 Å². The Bertz CT molecular complexity index is 662. The normalized spacial score (nSPS) is 19.1. The molecule has 0 aliphatic carbocycles. The van der Waals surface area contributed by atoms with E-state index in [0.717, 1.165) is 13.0 Å². The van der Waals surface area contributed by atoms with E-state index in [1.807, 2.05) is 22.9 Å². The number of halogens is 2. The Balaban J connectivity index is 0.00000208. The van der Waals surface area contributed by atoms with Crippen LogP contribution in [0.2, 0.25) is 5.02 Å². The fourth-order valence-corrected chi connectivity index (χ4v) is 2.67. The number of ether oxygens (including phenoxy) is 3. The second-order valence-corrected chi connectivity index (χ2v) is 5.70. The minimum absolute atomic E-state index is 0. The third kappa shape index (κ3) is 4.90. The highest BCUT2D eigenvalue weighted by molar-refractivity contribution is 6.32. The number of hydrogen-bond donors (Lipinski definition) is 0. The quantitative estimate of drug-likeness (QED) is 0.696. The molecule has 2 aromatic rings. The zero-order valence-electron chi connectivity index (χ0n) is 13.3. The summed E-state index contributed by atoms with van der Waals surface area (Å²) in [5.41, 5.74) is 0. The molecule has 0 fully saturated rings. The SMILES string of the molecule is COc1ccc(OCC[C@H]2C=C[C@@H](Cn3ccnc3)O2)c(Cl)c1.Cl. The fraction of sp³-hybridized carbons (Fsp3) is 0.353. The summed E-state index contributed by atoms with van der Waals surface area (Å²) in [5, 5.41) is 0.546. The van der Waals surface area contributed by atoms with E-state index >= 15 is 0 Å². The fourth-order valence-electron chi connectivity index (χ4n) is 2.44. The highest BCUT2D eigenvalue weighted by Gasteiger charge is 2.19. The van der Waals surface area contributed by atoms with E-state index in [1.54, 1.807) is 25.7 Å². The molecule has 0 bridgehead atoms. The molecule has 1 aromatic carbocycles. The van der Waals surface area contributed by atoms with Gasteiger partial charge < -0.3 is 18.8 Å². The van der Waals surface area contributed by atoms with Gasteiger partial charge in [-0.25, -0.2) is 4.98 Å². The van der Waals surface area contributed by atoms with Gasteiger partial charge in [-0.3, -0.25) is 0 Å². The monoisotopic (exact) mass is 370 g/mol. The Hall–Kier alpha value is -1.69. The van der Waals surface area contributed by atoms with Gasteiger partial charge in [-0.05, 0) is 12.1 Å². The third-order valence-corrected chi connectivity index (χ3v) is 3.93. The lowest BCUT2D eigenvalue weighted by Crippen LogP contribution is -2.19. The molecule has 0 radical (unpaired) electrons. The summed E-state index contributed by atoms with van der Waals surface area (Å²) in [5.74, 6) is 1.37. The van der Waals surface area contributed by atoms with Gasteiger partial charge in [0.25, 0.3) is 0 Å². The van der Waals surface area contributed by atoms with Crippen molar-refractivity contribution in [1.82, 2.24) is 9.55 Å². The summed E-state index contributed by atoms with van der Waals surface area (Å²) in [7, 11) is 1.61. The maximum absolute atomic E-state index is 6.15. The van der Waals surface area contributed by atoms with Gasteiger partial charge in [-0.1, -0.05) is 23.8 Å². The van der Waals surface area contributed by atoms with Crippen LogP contribution in [-0.2, 0) is 11.3 Å². The van der Waals surface area contributed by atoms with Crippen LogP contribution in [0.4, 0.5) is 0 Å². The zero-order valence-corrected chi connectivity index (χ0v) is 14.9. The standard InChI is InChI=1S/C17H19ClN2O3.ClH/c1-21-14-4-5-17(16(18)10-14)22-9-6-13-2-3-15(23-13)11-20-8-7-19-12-20;/h2-5,7-8,10,12-13,15H,6,9,11H2,1H3;1H/t13-,15+;/m1./s1. The molecule has 1 aliphatic heterocycles. The lowest BCUT2D eigenvalue weighted by Gasteiger charge is -2.15. The highest BCUT2D eigenvalue weighted by Crippen LogP contribution is 2.29. The first-order valence-corrected chi connectivity index (χ1v) is 7.88. The second-order valence-electron chi connectivity index (χ2n) is 5.29. The average molecular weight is 371 g/mol. The van der Waals surface area contributed by atoms with Crippen molar-refractivity contribution in [2.45, 2.75) is 25.2 Å². The first-order valence-electron chi connectivity index (χ1n) is 7.50. The van der Waals surface area contributed by atoms with Gasteiger partial charge in [-0.2, -0.15) is 0 Å². The second kappa shape index (κ2) is 8.97. The van der Waals surface area contributed by atoms with Crippen LogP contribution in [0.5, 0.6) is 11.5 Å². The molecule has 1 aromatic heterocycles. The summed E-state index contributed by atoms with van der Waals surface area (Å²) in [6, 6.07) is 5.38. The lowest BCUT2D eigenvalue weighted by atomic mass is 10.2. The molecule has 7 heteroatoms. The molecular weight excluding hydrogens is 351 g/mol. The van der Waals surface area contributed by atoms with Gasteiger partial charge in [0.15, 0.2) is 0 Å². The molecule has 5 nitrogen and oxygen atoms in total. The first-order chi connectivity index (χ1) is 11.2. The van der Waals surface area contributed by atoms with Gasteiger partial charge in [0.2, 0.25) is 0 Å². The van der Waals surface area contributed by atoms with Crippen molar-refractivity contribution in [2.24, 2.45) is 0 Å². The van der Waals surface area contributed by atoms with E-state index in [1.165, 1.54) is 0 Å². The summed E-state index contributed by atoms with van der Waals surface area (Å²) < 4.78 is 18.8. The Kier molecular flexibility index (Phi) is 6.97. The van der Waals surface area contributed by atoms with E-state index in [-0.39, 0.29) is 24.6 Å². The topological polar surface area (TPSA) is 45.5 Å². The smallest absolute Gasteiger partial charge is 0.138 e. The van der Waals surface area contributed by atoms with Crippen molar-refractivity contribution < 1.29 is 14.2 Å². The van der Waals surface area contributed by atoms with E-state index in [9.17, 15) is 0 Å². The van der Waals surface area contributed by atoms with Crippen LogP contribution in [-0.4, -0.2) is 35.5 Å². The summed E-state index contributed by atoms with van der Waals surface area (Å²) in [4.78, 5) is 4.03. The number of hydrogen-bond acceptors (Lipinski definition) is 4. The molecule has 3 rings (SSSR count). The molecule has 0 spiro atoms. The van der Waals surface area contributed by atoms with Crippen LogP contribution >= 0.6 is 24.0 Å². The first kappa shape index (κ1) is 18.6. The maximum Gasteiger partial charge on any atom is 0.138 e. The molecule has 2 heterocycles. The molecule has 0 N–H and O–H groups in total. The van der Waals surface area contributed by atoms with Gasteiger partial charge in [0.05, 0.1) is 43.8 Å². The van der Waals surface area contributed by atoms with Crippen molar-refractivity contribution in [3.05, 3.63) is 54.1 Å². The molecule has 130 valence electrons. The van der Waals surface area contributed by atoms with Crippen LogP contribution in [0, 0.1) is 0 Å². The number of imidazole rings is 1. The van der Waals surface area contributed by atoms with Gasteiger partial charge in [0, 0.05) is 24.9 Å². The average Bonchev–Trinajstić information content (AvgIpc) is 3.21. The van der Waals surface area contributed by atoms with E-state index in [2.05, 4.69) is 17.1 Å². The molecule has 24 heavy (non-hydrogen) atoms. The number of aromatic nitrogens is 2. The van der Waals surface area contributed by atoms with Crippen molar-refractivity contribution in [1.29, 1.82) is 0 Å². The summed E-state index contributed by atoms with van der Waals surface area (Å²) in [6.45, 7) is 1.32. The number of methoxy groups -OCH3 is 1. The Morgan fingerprint density at radius 1 is 1.29 bits per heavy atom. The summed E-state index contributed by atoms with van der Waals surface area (Å²) in [6.07, 6.45) is 10.6. The van der Waals surface area contributed by atoms with Crippen LogP contribution in [0.1, 0.15) is 6.42 Å². The number of nitrogens with zero attached hydrogens (tertiary/aromatic N) is 2. The van der Waals surface area contributed by atoms with Crippen LogP contribution in [0.3, 0.4) is 0 Å².